The molecule has 0 unspecified atom stereocenters. The summed E-state index contributed by atoms with van der Waals surface area (Å²) in [5.41, 5.74) is 4.88. The molecule has 4 aromatic rings. The molecule has 0 spiro atoms. The van der Waals surface area contributed by atoms with Crippen LogP contribution in [0.25, 0.3) is 11.0 Å². The molecule has 178 valence electrons. The number of anilines is 1. The van der Waals surface area contributed by atoms with Gasteiger partial charge in [0, 0.05) is 37.3 Å². The fraction of sp³-hybridized carbons (Fsp3) is 0.308. The van der Waals surface area contributed by atoms with Gasteiger partial charge in [-0.15, -0.1) is 0 Å². The van der Waals surface area contributed by atoms with E-state index < -0.39 is 0 Å². The Hall–Kier alpha value is -3.66. The number of benzene rings is 1. The van der Waals surface area contributed by atoms with Gasteiger partial charge in [-0.2, -0.15) is 5.26 Å². The summed E-state index contributed by atoms with van der Waals surface area (Å²) < 4.78 is 9.44. The molecule has 0 radical (unpaired) electrons. The molecule has 0 bridgehead atoms. The lowest BCUT2D eigenvalue weighted by Crippen LogP contribution is -2.44. The molecule has 1 aromatic carbocycles. The Kier molecular flexibility index (Phi) is 6.54. The highest BCUT2D eigenvalue weighted by Gasteiger charge is 2.26. The molecule has 1 saturated heterocycles. The van der Waals surface area contributed by atoms with E-state index in [0.29, 0.717) is 23.2 Å². The van der Waals surface area contributed by atoms with Crippen molar-refractivity contribution >= 4 is 30.8 Å². The van der Waals surface area contributed by atoms with Crippen LogP contribution < -0.4 is 10.2 Å². The van der Waals surface area contributed by atoms with Gasteiger partial charge in [0.2, 0.25) is 0 Å². The lowest BCUT2D eigenvalue weighted by molar-refractivity contribution is 0.0971. The molecule has 0 aliphatic carbocycles. The van der Waals surface area contributed by atoms with E-state index in [1.165, 1.54) is 0 Å². The second kappa shape index (κ2) is 9.91. The quantitative estimate of drug-likeness (QED) is 0.327. The van der Waals surface area contributed by atoms with E-state index in [9.17, 15) is 10.1 Å². The number of hydrogen-bond donors (Lipinski definition) is 1. The monoisotopic (exact) mass is 486 g/mol. The largest absolute Gasteiger partial charge is 0.472 e. The molecule has 1 aliphatic rings. The minimum Gasteiger partial charge on any atom is -0.472 e. The summed E-state index contributed by atoms with van der Waals surface area (Å²) in [5.74, 6) is 0.908. The molecule has 3 aromatic heterocycles. The van der Waals surface area contributed by atoms with Crippen molar-refractivity contribution in [3.05, 3.63) is 76.5 Å². The van der Waals surface area contributed by atoms with Crippen LogP contribution in [0.1, 0.15) is 27.0 Å². The smallest absolute Gasteiger partial charge is 0.182 e. The predicted octanol–water partition coefficient (Wildman–Crippen LogP) is 4.06. The van der Waals surface area contributed by atoms with Gasteiger partial charge in [0.15, 0.2) is 5.78 Å². The van der Waals surface area contributed by atoms with Crippen molar-refractivity contribution in [1.82, 2.24) is 19.4 Å². The number of piperazine rings is 1. The summed E-state index contributed by atoms with van der Waals surface area (Å²) in [6, 6.07) is 12.0. The number of ketones is 1. The Morgan fingerprint density at radius 3 is 2.80 bits per heavy atom. The number of nitriles is 1. The number of fused-ring (bicyclic) bond motifs is 1. The molecule has 1 N–H and O–H groups in total. The normalized spacial score (nSPS) is 14.4. The summed E-state index contributed by atoms with van der Waals surface area (Å²) in [6.45, 7) is 8.09. The van der Waals surface area contributed by atoms with Crippen molar-refractivity contribution in [2.45, 2.75) is 20.0 Å². The van der Waals surface area contributed by atoms with Crippen LogP contribution in [0.4, 0.5) is 5.82 Å². The van der Waals surface area contributed by atoms with Crippen LogP contribution in [0, 0.1) is 23.3 Å². The van der Waals surface area contributed by atoms with Gasteiger partial charge in [-0.1, -0.05) is 32.0 Å². The Labute approximate surface area is 205 Å². The van der Waals surface area contributed by atoms with E-state index in [2.05, 4.69) is 20.9 Å². The van der Waals surface area contributed by atoms with Crippen molar-refractivity contribution in [3.63, 3.8) is 0 Å². The number of carbonyl (C=O) groups is 1. The summed E-state index contributed by atoms with van der Waals surface area (Å²) in [5, 5.41) is 14.6. The fourth-order valence-corrected chi connectivity index (χ4v) is 5.52. The molecule has 8 nitrogen and oxygen atoms in total. The second-order valence-electron chi connectivity index (χ2n) is 8.67. The minimum atomic E-state index is 0.0283. The molecule has 5 rings (SSSR count). The Morgan fingerprint density at radius 1 is 1.29 bits per heavy atom. The third kappa shape index (κ3) is 4.41. The Balaban J connectivity index is 1.69. The highest BCUT2D eigenvalue weighted by Crippen LogP contribution is 2.34. The van der Waals surface area contributed by atoms with Gasteiger partial charge in [-0.3, -0.25) is 4.79 Å². The van der Waals surface area contributed by atoms with E-state index in [0.717, 1.165) is 61.9 Å². The van der Waals surface area contributed by atoms with Crippen LogP contribution in [0.15, 0.2) is 53.6 Å². The van der Waals surface area contributed by atoms with Crippen molar-refractivity contribution in [1.29, 1.82) is 5.26 Å². The second-order valence-corrected chi connectivity index (χ2v) is 9.55. The number of nitrogens with one attached hydrogen (secondary N) is 1. The van der Waals surface area contributed by atoms with Gasteiger partial charge in [0.1, 0.15) is 23.0 Å². The van der Waals surface area contributed by atoms with Crippen LogP contribution in [0.2, 0.25) is 0 Å². The first-order chi connectivity index (χ1) is 17.1. The van der Waals surface area contributed by atoms with Crippen LogP contribution in [0.3, 0.4) is 0 Å². The van der Waals surface area contributed by atoms with Gasteiger partial charge in [0.05, 0.1) is 42.5 Å². The van der Waals surface area contributed by atoms with E-state index >= 15 is 0 Å². The summed E-state index contributed by atoms with van der Waals surface area (Å²) >= 11 is 0. The number of rotatable bonds is 6. The van der Waals surface area contributed by atoms with E-state index in [4.69, 9.17) is 9.40 Å². The molecule has 0 amide bonds. The molecular weight excluding hydrogens is 459 g/mol. The van der Waals surface area contributed by atoms with E-state index in [1.807, 2.05) is 48.5 Å². The first kappa shape index (κ1) is 23.1. The molecule has 0 saturated carbocycles. The molecule has 4 heterocycles. The third-order valence-corrected chi connectivity index (χ3v) is 7.23. The topological polar surface area (TPSA) is 92.0 Å². The Morgan fingerprint density at radius 2 is 2.11 bits per heavy atom. The van der Waals surface area contributed by atoms with Crippen molar-refractivity contribution in [2.75, 3.05) is 37.7 Å². The third-order valence-electron chi connectivity index (χ3n) is 6.34. The summed E-state index contributed by atoms with van der Waals surface area (Å²) in [6.07, 6.45) is 5.09. The van der Waals surface area contributed by atoms with Crippen molar-refractivity contribution in [3.8, 4) is 6.07 Å². The SMILES string of the molecule is CP=c1c2c(ncn1CC(=O)c1cccc(C)c1)c(C#N)c(N1CCNCC1)n2Cc1ccoc1. The first-order valence-electron chi connectivity index (χ1n) is 11.6. The highest BCUT2D eigenvalue weighted by atomic mass is 31.1. The van der Waals surface area contributed by atoms with Gasteiger partial charge < -0.3 is 23.8 Å². The van der Waals surface area contributed by atoms with Crippen LogP contribution >= 0.6 is 8.20 Å². The maximum Gasteiger partial charge on any atom is 0.182 e. The predicted molar refractivity (Wildman–Crippen MR) is 137 cm³/mol. The van der Waals surface area contributed by atoms with Crippen molar-refractivity contribution in [2.24, 2.45) is 0 Å². The molecule has 9 heteroatoms. The minimum absolute atomic E-state index is 0.0283. The lowest BCUT2D eigenvalue weighted by atomic mass is 10.1. The fourth-order valence-electron chi connectivity index (χ4n) is 4.71. The number of furan rings is 1. The van der Waals surface area contributed by atoms with Gasteiger partial charge in [0.25, 0.3) is 0 Å². The standard InChI is InChI=1S/C26H27N6O2P/c1-18-4-3-5-20(12-18)22(33)15-31-17-29-23-21(13-27)25(30-9-7-28-8-10-30)32(24(23)26(31)35-2)14-19-6-11-34-16-19/h3-6,11-12,16-17,28H,7-10,14-15H2,1-2H3. The first-order valence-corrected chi connectivity index (χ1v) is 13.0. The zero-order valence-corrected chi connectivity index (χ0v) is 20.8. The molecular formula is C26H27N6O2P. The molecule has 35 heavy (non-hydrogen) atoms. The van der Waals surface area contributed by atoms with Gasteiger partial charge in [-0.05, 0) is 25.7 Å². The number of aryl methyl sites for hydroxylation is 1. The number of nitrogens with zero attached hydrogens (tertiary/aromatic N) is 5. The zero-order valence-electron chi connectivity index (χ0n) is 19.9. The number of Topliss-reactive ketones (excluding diaryl/α,β-unsaturated/α-hetero) is 1. The lowest BCUT2D eigenvalue weighted by Gasteiger charge is -2.30. The number of aromatic nitrogens is 3. The van der Waals surface area contributed by atoms with Crippen LogP contribution in [-0.2, 0) is 13.1 Å². The highest BCUT2D eigenvalue weighted by molar-refractivity contribution is 7.28. The number of hydrogen-bond acceptors (Lipinski definition) is 6. The average Bonchev–Trinajstić information content (AvgIpc) is 3.50. The van der Waals surface area contributed by atoms with E-state index in [-0.39, 0.29) is 12.3 Å². The zero-order chi connectivity index (χ0) is 24.4. The van der Waals surface area contributed by atoms with Gasteiger partial charge >= 0.3 is 0 Å². The van der Waals surface area contributed by atoms with E-state index in [1.54, 1.807) is 18.9 Å². The molecule has 0 atom stereocenters. The number of carbonyl (C=O) groups excluding carboxylic acids is 1. The Bertz CT molecular complexity index is 1490. The van der Waals surface area contributed by atoms with Gasteiger partial charge in [-0.25, -0.2) is 4.98 Å². The maximum absolute atomic E-state index is 13.1. The van der Waals surface area contributed by atoms with Crippen molar-refractivity contribution < 1.29 is 9.21 Å². The molecule has 1 aliphatic heterocycles. The maximum atomic E-state index is 13.1. The van der Waals surface area contributed by atoms with Crippen LogP contribution in [-0.4, -0.2) is 52.7 Å². The summed E-state index contributed by atoms with van der Waals surface area (Å²) in [7, 11) is 0.983. The average molecular weight is 487 g/mol. The van der Waals surface area contributed by atoms with Crippen LogP contribution in [0.5, 0.6) is 0 Å². The summed E-state index contributed by atoms with van der Waals surface area (Å²) in [4.78, 5) is 20.1. The molecule has 1 fully saturated rings.